The molecule has 3 rings (SSSR count). The van der Waals surface area contributed by atoms with E-state index in [4.69, 9.17) is 21.8 Å². The van der Waals surface area contributed by atoms with Gasteiger partial charge in [0.25, 0.3) is 0 Å². The molecule has 6 heteroatoms. The van der Waals surface area contributed by atoms with Gasteiger partial charge in [-0.25, -0.2) is 4.68 Å². The van der Waals surface area contributed by atoms with Gasteiger partial charge in [0.05, 0.1) is 6.54 Å². The molecule has 20 heavy (non-hydrogen) atoms. The maximum absolute atomic E-state index is 5.98. The fraction of sp³-hybridized carbons (Fsp3) is 0.0714. The minimum atomic E-state index is 0.586. The van der Waals surface area contributed by atoms with Gasteiger partial charge in [-0.05, 0) is 45.8 Å². The maximum atomic E-state index is 5.98. The Bertz CT molecular complexity index is 733. The van der Waals surface area contributed by atoms with Crippen LogP contribution >= 0.6 is 27.5 Å². The van der Waals surface area contributed by atoms with Gasteiger partial charge in [-0.3, -0.25) is 0 Å². The number of rotatable bonds is 3. The second kappa shape index (κ2) is 5.34. The number of hydrogen-bond donors (Lipinski definition) is 1. The molecule has 0 aliphatic rings. The molecule has 0 aliphatic carbocycles. The van der Waals surface area contributed by atoms with Crippen LogP contribution in [0.1, 0.15) is 5.56 Å². The van der Waals surface area contributed by atoms with E-state index in [0.717, 1.165) is 5.56 Å². The molecule has 3 aromatic rings. The number of furan rings is 1. The molecule has 0 amide bonds. The van der Waals surface area contributed by atoms with Gasteiger partial charge < -0.3 is 10.2 Å². The van der Waals surface area contributed by atoms with E-state index in [1.807, 2.05) is 36.4 Å². The second-order valence-electron chi connectivity index (χ2n) is 4.34. The van der Waals surface area contributed by atoms with Gasteiger partial charge in [0, 0.05) is 11.1 Å². The molecule has 4 nitrogen and oxygen atoms in total. The number of aromatic nitrogens is 2. The molecule has 0 unspecified atom stereocenters. The Morgan fingerprint density at radius 1 is 1.20 bits per heavy atom. The highest BCUT2D eigenvalue weighted by atomic mass is 79.9. The molecule has 102 valence electrons. The molecule has 1 aromatic carbocycles. The molecule has 2 N–H and O–H groups in total. The summed E-state index contributed by atoms with van der Waals surface area (Å²) in [6.07, 6.45) is 0. The number of nitrogens with zero attached hydrogens (tertiary/aromatic N) is 2. The van der Waals surface area contributed by atoms with Crippen LogP contribution in [0.15, 0.2) is 51.6 Å². The van der Waals surface area contributed by atoms with E-state index in [1.54, 1.807) is 10.7 Å². The zero-order valence-corrected chi connectivity index (χ0v) is 12.7. The Morgan fingerprint density at radius 2 is 1.95 bits per heavy atom. The fourth-order valence-electron chi connectivity index (χ4n) is 1.89. The van der Waals surface area contributed by atoms with E-state index in [1.165, 1.54) is 0 Å². The second-order valence-corrected chi connectivity index (χ2v) is 5.56. The lowest BCUT2D eigenvalue weighted by Crippen LogP contribution is -2.05. The van der Waals surface area contributed by atoms with Crippen LogP contribution in [0.4, 0.5) is 5.82 Å². The summed E-state index contributed by atoms with van der Waals surface area (Å²) in [6, 6.07) is 13.1. The lowest BCUT2D eigenvalue weighted by atomic mass is 10.2. The van der Waals surface area contributed by atoms with Crippen molar-refractivity contribution in [3.8, 4) is 11.5 Å². The minimum Gasteiger partial charge on any atom is -0.448 e. The normalized spacial score (nSPS) is 10.9. The average molecular weight is 353 g/mol. The van der Waals surface area contributed by atoms with Crippen LogP contribution in [0.25, 0.3) is 11.5 Å². The molecule has 0 saturated heterocycles. The van der Waals surface area contributed by atoms with Crippen molar-refractivity contribution in [2.45, 2.75) is 6.54 Å². The highest BCUT2D eigenvalue weighted by molar-refractivity contribution is 9.10. The highest BCUT2D eigenvalue weighted by Gasteiger charge is 2.10. The SMILES string of the molecule is Nc1cc(-c2ccc(Br)o2)nn1Cc1ccc(Cl)cc1. The Labute approximate surface area is 129 Å². The standard InChI is InChI=1S/C14H11BrClN3O/c15-13-6-5-12(20-13)11-7-14(17)19(18-11)8-9-1-3-10(16)4-2-9/h1-7H,8,17H2. The molecular formula is C14H11BrClN3O. The van der Waals surface area contributed by atoms with Crippen LogP contribution < -0.4 is 5.73 Å². The van der Waals surface area contributed by atoms with Crippen LogP contribution in [-0.4, -0.2) is 9.78 Å². The Kier molecular flexibility index (Phi) is 3.54. The van der Waals surface area contributed by atoms with Gasteiger partial charge in [-0.2, -0.15) is 5.10 Å². The smallest absolute Gasteiger partial charge is 0.169 e. The lowest BCUT2D eigenvalue weighted by Gasteiger charge is -2.04. The summed E-state index contributed by atoms with van der Waals surface area (Å²) in [5.74, 6) is 1.26. The molecule has 0 bridgehead atoms. The van der Waals surface area contributed by atoms with Crippen molar-refractivity contribution in [2.75, 3.05) is 5.73 Å². The van der Waals surface area contributed by atoms with Gasteiger partial charge in [-0.15, -0.1) is 0 Å². The van der Waals surface area contributed by atoms with Crippen LogP contribution in [0, 0.1) is 0 Å². The average Bonchev–Trinajstić information content (AvgIpc) is 3.00. The van der Waals surface area contributed by atoms with E-state index in [9.17, 15) is 0 Å². The largest absolute Gasteiger partial charge is 0.448 e. The summed E-state index contributed by atoms with van der Waals surface area (Å²) >= 11 is 9.14. The number of hydrogen-bond acceptors (Lipinski definition) is 3. The van der Waals surface area contributed by atoms with Crippen molar-refractivity contribution in [3.05, 3.63) is 57.7 Å². The zero-order chi connectivity index (χ0) is 14.1. The van der Waals surface area contributed by atoms with Crippen LogP contribution in [0.5, 0.6) is 0 Å². The first-order valence-electron chi connectivity index (χ1n) is 5.95. The van der Waals surface area contributed by atoms with E-state index >= 15 is 0 Å². The summed E-state index contributed by atoms with van der Waals surface area (Å²) < 4.78 is 7.87. The van der Waals surface area contributed by atoms with Gasteiger partial charge in [0.1, 0.15) is 11.5 Å². The van der Waals surface area contributed by atoms with Gasteiger partial charge in [0.15, 0.2) is 10.4 Å². The maximum Gasteiger partial charge on any atom is 0.169 e. The number of nitrogens with two attached hydrogens (primary N) is 1. The quantitative estimate of drug-likeness (QED) is 0.769. The van der Waals surface area contributed by atoms with Crippen LogP contribution in [0.3, 0.4) is 0 Å². The van der Waals surface area contributed by atoms with E-state index in [2.05, 4.69) is 21.0 Å². The molecule has 0 aliphatic heterocycles. The molecule has 0 atom stereocenters. The molecule has 2 heterocycles. The Morgan fingerprint density at radius 3 is 2.60 bits per heavy atom. The van der Waals surface area contributed by atoms with Crippen molar-refractivity contribution < 1.29 is 4.42 Å². The number of benzene rings is 1. The third-order valence-corrected chi connectivity index (χ3v) is 3.56. The van der Waals surface area contributed by atoms with Crippen molar-refractivity contribution in [1.29, 1.82) is 0 Å². The third kappa shape index (κ3) is 2.73. The number of anilines is 1. The highest BCUT2D eigenvalue weighted by Crippen LogP contribution is 2.25. The van der Waals surface area contributed by atoms with E-state index < -0.39 is 0 Å². The molecule has 0 radical (unpaired) electrons. The summed E-state index contributed by atoms with van der Waals surface area (Å²) in [5.41, 5.74) is 7.77. The summed E-state index contributed by atoms with van der Waals surface area (Å²) in [4.78, 5) is 0. The topological polar surface area (TPSA) is 57.0 Å². The van der Waals surface area contributed by atoms with E-state index in [0.29, 0.717) is 33.5 Å². The zero-order valence-electron chi connectivity index (χ0n) is 10.4. The first-order chi connectivity index (χ1) is 9.61. The third-order valence-electron chi connectivity index (χ3n) is 2.88. The number of nitrogen functional groups attached to an aromatic ring is 1. The van der Waals surface area contributed by atoms with Gasteiger partial charge in [-0.1, -0.05) is 23.7 Å². The molecule has 2 aromatic heterocycles. The van der Waals surface area contributed by atoms with Crippen molar-refractivity contribution >= 4 is 33.3 Å². The Balaban J connectivity index is 1.87. The van der Waals surface area contributed by atoms with E-state index in [-0.39, 0.29) is 0 Å². The Hall–Kier alpha value is -1.72. The predicted molar refractivity (Wildman–Crippen MR) is 82.6 cm³/mol. The summed E-state index contributed by atoms with van der Waals surface area (Å²) in [7, 11) is 0. The lowest BCUT2D eigenvalue weighted by molar-refractivity contribution is 0.551. The van der Waals surface area contributed by atoms with Crippen LogP contribution in [0.2, 0.25) is 5.02 Å². The molecule has 0 fully saturated rings. The first kappa shape index (κ1) is 13.3. The summed E-state index contributed by atoms with van der Waals surface area (Å²) in [5, 5.41) is 5.17. The minimum absolute atomic E-state index is 0.586. The van der Waals surface area contributed by atoms with Gasteiger partial charge >= 0.3 is 0 Å². The van der Waals surface area contributed by atoms with Gasteiger partial charge in [0.2, 0.25) is 0 Å². The molecule has 0 spiro atoms. The van der Waals surface area contributed by atoms with Crippen molar-refractivity contribution in [1.82, 2.24) is 9.78 Å². The van der Waals surface area contributed by atoms with Crippen molar-refractivity contribution in [2.24, 2.45) is 0 Å². The van der Waals surface area contributed by atoms with Crippen molar-refractivity contribution in [3.63, 3.8) is 0 Å². The molecular weight excluding hydrogens is 342 g/mol. The fourth-order valence-corrected chi connectivity index (χ4v) is 2.33. The molecule has 0 saturated carbocycles. The predicted octanol–water partition coefficient (Wildman–Crippen LogP) is 4.19. The monoisotopic (exact) mass is 351 g/mol. The van der Waals surface area contributed by atoms with Crippen LogP contribution in [-0.2, 0) is 6.54 Å². The summed E-state index contributed by atoms with van der Waals surface area (Å²) in [6.45, 7) is 0.588. The number of halogens is 2. The first-order valence-corrected chi connectivity index (χ1v) is 7.12.